The van der Waals surface area contributed by atoms with E-state index in [1.165, 1.54) is 6.92 Å². The van der Waals surface area contributed by atoms with Crippen molar-refractivity contribution in [2.24, 2.45) is 17.2 Å². The Morgan fingerprint density at radius 3 is 1.34 bits per heavy atom. The quantitative estimate of drug-likeness (QED) is 0.0874. The number of hydrogen-bond donors (Lipinski definition) is 13. The summed E-state index contributed by atoms with van der Waals surface area (Å²) in [7, 11) is 0. The van der Waals surface area contributed by atoms with Crippen LogP contribution in [-0.4, -0.2) is 136 Å². The molecule has 7 atom stereocenters. The lowest BCUT2D eigenvalue weighted by Gasteiger charge is -2.22. The van der Waals surface area contributed by atoms with Crippen LogP contribution in [0, 0.1) is 0 Å². The van der Waals surface area contributed by atoms with Crippen molar-refractivity contribution in [2.45, 2.75) is 75.2 Å². The summed E-state index contributed by atoms with van der Waals surface area (Å²) in [5.41, 5.74) is 14.8. The van der Waals surface area contributed by atoms with E-state index < -0.39 is 79.0 Å². The Kier molecular flexibility index (Phi) is 26.5. The molecule has 0 bridgehead atoms. The number of rotatable bonds is 14. The van der Waals surface area contributed by atoms with Gasteiger partial charge in [0.1, 0.15) is 42.6 Å². The number of hydrogen-bond acceptors (Lipinski definition) is 14. The van der Waals surface area contributed by atoms with Gasteiger partial charge in [0, 0.05) is 12.8 Å². The number of aldehydes is 1. The van der Waals surface area contributed by atoms with E-state index in [4.69, 9.17) is 68.3 Å². The lowest BCUT2D eigenvalue weighted by atomic mass is 10.0. The molecule has 0 rings (SSSR count). The molecule has 1 amide bonds. The fourth-order valence-electron chi connectivity index (χ4n) is 1.44. The number of primary amides is 1. The Morgan fingerprint density at radius 1 is 0.737 bits per heavy atom. The molecule has 0 aromatic heterocycles. The third-order valence-electron chi connectivity index (χ3n) is 3.78. The molecule has 16 N–H and O–H groups in total. The van der Waals surface area contributed by atoms with Crippen molar-refractivity contribution in [1.82, 2.24) is 0 Å². The Morgan fingerprint density at radius 2 is 1.11 bits per heavy atom. The molecule has 0 aromatic carbocycles. The summed E-state index contributed by atoms with van der Waals surface area (Å²) < 4.78 is 0. The van der Waals surface area contributed by atoms with Crippen molar-refractivity contribution in [3.05, 3.63) is 0 Å². The molecule has 0 aliphatic carbocycles. The number of nitrogens with two attached hydrogens (primary N) is 3. The standard InChI is InChI=1S/C6H12O6.C5H10N2O3.C5H9NO4.C3H6O3/c7-1-3(9)5(11)6(12)4(10)2-8;2*6-3(5(9)10)1-2-4(7)8;1-2(4)3(5)6/h1,3-6,8-12H,2H2;3H,1-2,6H2,(H2,7,8)(H,9,10);3H,1-2,6H2,(H,7,8)(H,9,10);2,4H,1H3,(H,5,6)/t3-,4+,5+,6+;2*3-;/m000./s1. The van der Waals surface area contributed by atoms with Crippen molar-refractivity contribution < 1.29 is 79.8 Å². The maximum absolute atomic E-state index is 10.1. The van der Waals surface area contributed by atoms with E-state index in [1.54, 1.807) is 0 Å². The molecule has 1 unspecified atom stereocenters. The fraction of sp³-hybridized carbons (Fsp3) is 0.684. The normalized spacial score (nSPS) is 15.4. The van der Waals surface area contributed by atoms with E-state index in [2.05, 4.69) is 0 Å². The predicted molar refractivity (Wildman–Crippen MR) is 123 cm³/mol. The lowest BCUT2D eigenvalue weighted by molar-refractivity contribution is -0.145. The van der Waals surface area contributed by atoms with Gasteiger partial charge in [-0.1, -0.05) is 0 Å². The minimum Gasteiger partial charge on any atom is -0.481 e. The average Bonchev–Trinajstić information content (AvgIpc) is 2.84. The SMILES string of the molecule is CC(O)C(=O)O.NC(=O)CC[C@H](N)C(=O)O.N[C@@H](CCC(=O)O)C(=O)O.O=C[C@H](O)[C@@H](O)[C@H](O)[C@H](O)CO. The highest BCUT2D eigenvalue weighted by molar-refractivity contribution is 5.77. The van der Waals surface area contributed by atoms with Crippen molar-refractivity contribution >= 4 is 36.1 Å². The predicted octanol–water partition coefficient (Wildman–Crippen LogP) is -6.00. The minimum atomic E-state index is -1.79. The molecule has 0 spiro atoms. The number of carbonyl (C=O) groups is 6. The summed E-state index contributed by atoms with van der Waals surface area (Å²) in [6, 6.07) is -2.04. The van der Waals surface area contributed by atoms with E-state index in [9.17, 15) is 28.8 Å². The van der Waals surface area contributed by atoms with Crippen LogP contribution in [0.15, 0.2) is 0 Å². The molecule has 19 heteroatoms. The summed E-state index contributed by atoms with van der Waals surface area (Å²) in [5, 5.41) is 83.8. The van der Waals surface area contributed by atoms with Crippen LogP contribution < -0.4 is 17.2 Å². The first-order chi connectivity index (χ1) is 17.3. The number of carboxylic acids is 4. The highest BCUT2D eigenvalue weighted by Crippen LogP contribution is 2.03. The van der Waals surface area contributed by atoms with Crippen molar-refractivity contribution in [3.8, 4) is 0 Å². The number of aliphatic carboxylic acids is 4. The molecule has 0 radical (unpaired) electrons. The van der Waals surface area contributed by atoms with Crippen LogP contribution >= 0.6 is 0 Å². The van der Waals surface area contributed by atoms with Gasteiger partial charge in [-0.3, -0.25) is 19.2 Å². The van der Waals surface area contributed by atoms with Crippen molar-refractivity contribution in [3.63, 3.8) is 0 Å². The van der Waals surface area contributed by atoms with Crippen molar-refractivity contribution in [1.29, 1.82) is 0 Å². The molecule has 38 heavy (non-hydrogen) atoms. The van der Waals surface area contributed by atoms with Gasteiger partial charge in [0.25, 0.3) is 0 Å². The number of amides is 1. The van der Waals surface area contributed by atoms with Crippen LogP contribution in [0.2, 0.25) is 0 Å². The summed E-state index contributed by atoms with van der Waals surface area (Å²) >= 11 is 0. The molecular weight excluding hydrogens is 526 g/mol. The van der Waals surface area contributed by atoms with Crippen molar-refractivity contribution in [2.75, 3.05) is 6.61 Å². The van der Waals surface area contributed by atoms with Crippen LogP contribution in [0.5, 0.6) is 0 Å². The highest BCUT2D eigenvalue weighted by Gasteiger charge is 2.29. The van der Waals surface area contributed by atoms with Crippen LogP contribution in [0.4, 0.5) is 0 Å². The first-order valence-electron chi connectivity index (χ1n) is 10.4. The Hall–Kier alpha value is -3.30. The van der Waals surface area contributed by atoms with Crippen LogP contribution in [0.25, 0.3) is 0 Å². The van der Waals surface area contributed by atoms with Gasteiger partial charge in [0.2, 0.25) is 5.91 Å². The second-order valence-corrected chi connectivity index (χ2v) is 7.20. The summed E-state index contributed by atoms with van der Waals surface area (Å²) in [4.78, 5) is 59.4. The van der Waals surface area contributed by atoms with Gasteiger partial charge in [-0.25, -0.2) is 4.79 Å². The molecule has 0 saturated heterocycles. The maximum Gasteiger partial charge on any atom is 0.332 e. The molecule has 0 aromatic rings. The van der Waals surface area contributed by atoms with E-state index >= 15 is 0 Å². The Balaban J connectivity index is -0.000000208. The minimum absolute atomic E-state index is 0.0213. The zero-order chi connectivity index (χ0) is 31.2. The monoisotopic (exact) mass is 563 g/mol. The maximum atomic E-state index is 10.1. The van der Waals surface area contributed by atoms with E-state index in [0.29, 0.717) is 0 Å². The number of carboxylic acid groups (broad SMARTS) is 4. The molecule has 0 heterocycles. The van der Waals surface area contributed by atoms with Gasteiger partial charge in [-0.2, -0.15) is 0 Å². The number of aliphatic hydroxyl groups is 6. The smallest absolute Gasteiger partial charge is 0.332 e. The van der Waals surface area contributed by atoms with Crippen LogP contribution in [0.3, 0.4) is 0 Å². The zero-order valence-corrected chi connectivity index (χ0v) is 20.3. The largest absolute Gasteiger partial charge is 0.481 e. The highest BCUT2D eigenvalue weighted by atomic mass is 16.4. The third-order valence-corrected chi connectivity index (χ3v) is 3.78. The van der Waals surface area contributed by atoms with Crippen LogP contribution in [0.1, 0.15) is 32.6 Å². The Bertz CT molecular complexity index is 686. The molecular formula is C19H37N3O16. The number of carbonyl (C=O) groups excluding carboxylic acids is 2. The molecule has 0 aliphatic heterocycles. The van der Waals surface area contributed by atoms with Gasteiger partial charge < -0.3 is 73.1 Å². The zero-order valence-electron chi connectivity index (χ0n) is 20.3. The van der Waals surface area contributed by atoms with Gasteiger partial charge in [-0.15, -0.1) is 0 Å². The molecule has 0 saturated carbocycles. The van der Waals surface area contributed by atoms with Gasteiger partial charge in [0.05, 0.1) is 6.61 Å². The van der Waals surface area contributed by atoms with Crippen LogP contribution in [-0.2, 0) is 28.8 Å². The second-order valence-electron chi connectivity index (χ2n) is 7.20. The lowest BCUT2D eigenvalue weighted by Crippen LogP contribution is -2.46. The molecule has 0 aliphatic rings. The molecule has 224 valence electrons. The first kappa shape index (κ1) is 41.8. The summed E-state index contributed by atoms with van der Waals surface area (Å²) in [5.74, 6) is -5.02. The fourth-order valence-corrected chi connectivity index (χ4v) is 1.44. The molecule has 19 nitrogen and oxygen atoms in total. The molecule has 0 fully saturated rings. The third kappa shape index (κ3) is 27.3. The van der Waals surface area contributed by atoms with E-state index in [1.807, 2.05) is 0 Å². The second kappa shape index (κ2) is 24.1. The Labute approximate surface area is 215 Å². The van der Waals surface area contributed by atoms with E-state index in [-0.39, 0.29) is 32.0 Å². The topological polar surface area (TPSA) is 383 Å². The summed E-state index contributed by atoms with van der Waals surface area (Å²) in [6.07, 6.45) is -8.17. The number of aliphatic hydroxyl groups excluding tert-OH is 6. The summed E-state index contributed by atoms with van der Waals surface area (Å²) in [6.45, 7) is 0.437. The van der Waals surface area contributed by atoms with Gasteiger partial charge >= 0.3 is 23.9 Å². The van der Waals surface area contributed by atoms with Gasteiger partial charge in [0.15, 0.2) is 6.29 Å². The van der Waals surface area contributed by atoms with E-state index in [0.717, 1.165) is 0 Å². The average molecular weight is 564 g/mol. The van der Waals surface area contributed by atoms with Gasteiger partial charge in [-0.05, 0) is 19.8 Å². The first-order valence-corrected chi connectivity index (χ1v) is 10.4.